The molecule has 2 atom stereocenters. The van der Waals surface area contributed by atoms with Crippen LogP contribution in [0, 0.1) is 0 Å². The predicted octanol–water partition coefficient (Wildman–Crippen LogP) is 25.1. The molecule has 0 spiro atoms. The van der Waals surface area contributed by atoms with E-state index in [1.165, 1.54) is 244 Å². The number of carboxylic acids is 1. The maximum absolute atomic E-state index is 13.0. The average molecular weight is 1300 g/mol. The van der Waals surface area contributed by atoms with Crippen LogP contribution in [-0.2, 0) is 33.3 Å². The van der Waals surface area contributed by atoms with Crippen molar-refractivity contribution in [2.75, 3.05) is 47.5 Å². The Morgan fingerprint density at radius 3 is 0.914 bits per heavy atom. The molecule has 0 saturated carbocycles. The number of likely N-dealkylation sites (N-methyl/N-ethyl adjacent to an activating group) is 1. The molecule has 9 heteroatoms. The van der Waals surface area contributed by atoms with Gasteiger partial charge in [0, 0.05) is 12.8 Å². The molecule has 0 radical (unpaired) electrons. The highest BCUT2D eigenvalue weighted by Gasteiger charge is 2.25. The number of esters is 2. The topological polar surface area (TPSA) is 108 Å². The molecule has 0 aromatic carbocycles. The Labute approximate surface area is 575 Å². The van der Waals surface area contributed by atoms with E-state index in [-0.39, 0.29) is 32.2 Å². The summed E-state index contributed by atoms with van der Waals surface area (Å²) >= 11 is 0. The summed E-state index contributed by atoms with van der Waals surface area (Å²) in [4.78, 5) is 37.7. The highest BCUT2D eigenvalue weighted by Crippen LogP contribution is 2.19. The lowest BCUT2D eigenvalue weighted by atomic mass is 10.0. The van der Waals surface area contributed by atoms with Crippen molar-refractivity contribution in [3.05, 3.63) is 97.2 Å². The van der Waals surface area contributed by atoms with Crippen LogP contribution >= 0.6 is 0 Å². The fourth-order valence-corrected chi connectivity index (χ4v) is 11.3. The smallest absolute Gasteiger partial charge is 0.361 e. The van der Waals surface area contributed by atoms with E-state index in [1.807, 2.05) is 21.1 Å². The van der Waals surface area contributed by atoms with Crippen molar-refractivity contribution < 1.29 is 42.9 Å². The zero-order valence-corrected chi connectivity index (χ0v) is 61.7. The second-order valence-corrected chi connectivity index (χ2v) is 27.6. The lowest BCUT2D eigenvalue weighted by molar-refractivity contribution is -0.870. The Hall–Kier alpha value is -3.79. The zero-order valence-electron chi connectivity index (χ0n) is 61.7. The van der Waals surface area contributed by atoms with E-state index in [4.69, 9.17) is 18.9 Å². The number of quaternary nitrogens is 1. The predicted molar refractivity (Wildman–Crippen MR) is 401 cm³/mol. The quantitative estimate of drug-likeness (QED) is 0.0211. The minimum absolute atomic E-state index is 0.183. The van der Waals surface area contributed by atoms with Crippen molar-refractivity contribution >= 4 is 17.9 Å². The fraction of sp³-hybridized carbons (Fsp3) is 0.774. The van der Waals surface area contributed by atoms with Gasteiger partial charge in [0.15, 0.2) is 6.10 Å². The number of nitrogens with zero attached hydrogens (tertiary/aromatic N) is 1. The third-order valence-electron chi connectivity index (χ3n) is 17.3. The van der Waals surface area contributed by atoms with Crippen LogP contribution in [-0.4, -0.2) is 87.4 Å². The van der Waals surface area contributed by atoms with Gasteiger partial charge in [-0.15, -0.1) is 0 Å². The van der Waals surface area contributed by atoms with E-state index in [0.29, 0.717) is 17.4 Å². The van der Waals surface area contributed by atoms with Crippen LogP contribution in [0.4, 0.5) is 0 Å². The Kier molecular flexibility index (Phi) is 71.0. The Morgan fingerprint density at radius 2 is 0.613 bits per heavy atom. The molecule has 0 rings (SSSR count). The molecular weight excluding hydrogens is 1150 g/mol. The van der Waals surface area contributed by atoms with E-state index in [0.717, 1.165) is 89.9 Å². The van der Waals surface area contributed by atoms with Gasteiger partial charge in [0.2, 0.25) is 0 Å². The zero-order chi connectivity index (χ0) is 67.5. The SMILES string of the molecule is CC/C=C\C/C=C\C/C=C\C/C=C\C/C=C\C/C=C\CCCCCCCCCCCCCCC(=O)OC(COC(=O)CCCCCCCCCCCCCCCCCCCCCCCCCCC/C=C\C/C=C\CCCCCCC)COC(OCC[N+](C)(C)C)C(=O)O. The second-order valence-electron chi connectivity index (χ2n) is 27.6. The van der Waals surface area contributed by atoms with Crippen molar-refractivity contribution in [2.45, 2.75) is 373 Å². The van der Waals surface area contributed by atoms with Gasteiger partial charge in [-0.2, -0.15) is 0 Å². The molecule has 9 nitrogen and oxygen atoms in total. The average Bonchev–Trinajstić information content (AvgIpc) is 3.38. The molecule has 0 aliphatic heterocycles. The normalized spacial score (nSPS) is 13.2. The van der Waals surface area contributed by atoms with Crippen molar-refractivity contribution in [1.29, 1.82) is 0 Å². The maximum Gasteiger partial charge on any atom is 0.361 e. The molecule has 93 heavy (non-hydrogen) atoms. The maximum atomic E-state index is 13.0. The standard InChI is InChI=1S/C84H149NO8/c1-6-8-10-12-14-16-18-20-22-24-26-28-30-32-34-36-38-39-40-41-42-43-45-46-48-50-52-54-56-58-60-62-64-66-68-70-72-74-81(86)91-78-80(79-92-84(83(88)89)90-77-76-85(3,4)5)93-82(87)75-73-71-69-67-65-63-61-59-57-55-53-51-49-47-44-37-35-33-31-29-27-25-23-21-19-17-15-13-11-9-7-2/h9,11,15,17-18,20-21,23-24,26-27,29,33,35,44,47,80,84H,6-8,10,12-14,16,19,22,25,28,30-32,34,36-43,45-46,48-79H2,1-5H3/p+1/b11-9-,17-15-,20-18-,23-21-,26-24-,29-27-,35-33-,47-44-. The molecular formula is C84H150NO8+. The van der Waals surface area contributed by atoms with Gasteiger partial charge in [-0.05, 0) is 96.3 Å². The largest absolute Gasteiger partial charge is 0.477 e. The summed E-state index contributed by atoms with van der Waals surface area (Å²) < 4.78 is 23.0. The van der Waals surface area contributed by atoms with Crippen LogP contribution < -0.4 is 0 Å². The van der Waals surface area contributed by atoms with Gasteiger partial charge in [-0.1, -0.05) is 349 Å². The summed E-state index contributed by atoms with van der Waals surface area (Å²) in [6.45, 7) is 4.79. The second kappa shape index (κ2) is 74.0. The first-order valence-corrected chi connectivity index (χ1v) is 39.4. The molecule has 2 unspecified atom stereocenters. The third-order valence-corrected chi connectivity index (χ3v) is 17.3. The number of carbonyl (C=O) groups excluding carboxylic acids is 2. The number of unbranched alkanes of at least 4 members (excludes halogenated alkanes) is 42. The summed E-state index contributed by atoms with van der Waals surface area (Å²) in [5.74, 6) is -1.99. The number of hydrogen-bond donors (Lipinski definition) is 1. The number of carbonyl (C=O) groups is 3. The summed E-state index contributed by atoms with van der Waals surface area (Å²) in [7, 11) is 5.99. The highest BCUT2D eigenvalue weighted by molar-refractivity contribution is 5.71. The van der Waals surface area contributed by atoms with Crippen molar-refractivity contribution in [3.63, 3.8) is 0 Å². The number of aliphatic carboxylic acids is 1. The minimum atomic E-state index is -1.51. The van der Waals surface area contributed by atoms with Crippen molar-refractivity contribution in [3.8, 4) is 0 Å². The van der Waals surface area contributed by atoms with Crippen LogP contribution in [0.3, 0.4) is 0 Å². The summed E-state index contributed by atoms with van der Waals surface area (Å²) in [5.41, 5.74) is 0. The van der Waals surface area contributed by atoms with E-state index in [2.05, 4.69) is 111 Å². The van der Waals surface area contributed by atoms with Crippen LogP contribution in [0.25, 0.3) is 0 Å². The summed E-state index contributed by atoms with van der Waals surface area (Å²) in [5, 5.41) is 9.77. The minimum Gasteiger partial charge on any atom is -0.477 e. The van der Waals surface area contributed by atoms with E-state index >= 15 is 0 Å². The third kappa shape index (κ3) is 75.5. The van der Waals surface area contributed by atoms with Crippen molar-refractivity contribution in [1.82, 2.24) is 0 Å². The Morgan fingerprint density at radius 1 is 0.333 bits per heavy atom. The Balaban J connectivity index is 4.01. The van der Waals surface area contributed by atoms with E-state index < -0.39 is 24.3 Å². The van der Waals surface area contributed by atoms with Crippen LogP contribution in [0.15, 0.2) is 97.2 Å². The molecule has 0 aromatic heterocycles. The van der Waals surface area contributed by atoms with Gasteiger partial charge in [-0.25, -0.2) is 4.79 Å². The van der Waals surface area contributed by atoms with Gasteiger partial charge >= 0.3 is 17.9 Å². The first-order valence-electron chi connectivity index (χ1n) is 39.4. The molecule has 0 aliphatic carbocycles. The lowest BCUT2D eigenvalue weighted by Crippen LogP contribution is -2.40. The van der Waals surface area contributed by atoms with Gasteiger partial charge in [0.25, 0.3) is 6.29 Å². The molecule has 0 bridgehead atoms. The number of rotatable bonds is 73. The van der Waals surface area contributed by atoms with Crippen LogP contribution in [0.1, 0.15) is 361 Å². The number of hydrogen-bond acceptors (Lipinski definition) is 7. The molecule has 538 valence electrons. The van der Waals surface area contributed by atoms with Crippen LogP contribution in [0.2, 0.25) is 0 Å². The molecule has 0 fully saturated rings. The fourth-order valence-electron chi connectivity index (χ4n) is 11.3. The summed E-state index contributed by atoms with van der Waals surface area (Å²) in [6, 6.07) is 0. The molecule has 0 saturated heterocycles. The van der Waals surface area contributed by atoms with Gasteiger partial charge in [0.05, 0.1) is 34.4 Å². The number of carboxylic acid groups (broad SMARTS) is 1. The molecule has 1 N–H and O–H groups in total. The van der Waals surface area contributed by atoms with Crippen LogP contribution in [0.5, 0.6) is 0 Å². The summed E-state index contributed by atoms with van der Waals surface area (Å²) in [6.07, 6.45) is 99.8. The highest BCUT2D eigenvalue weighted by atomic mass is 16.7. The molecule has 0 amide bonds. The molecule has 0 heterocycles. The lowest BCUT2D eigenvalue weighted by Gasteiger charge is -2.25. The number of allylic oxidation sites excluding steroid dienone is 16. The Bertz CT molecular complexity index is 1850. The van der Waals surface area contributed by atoms with Gasteiger partial charge in [0.1, 0.15) is 13.2 Å². The van der Waals surface area contributed by atoms with E-state index in [1.54, 1.807) is 0 Å². The molecule has 0 aliphatic rings. The first kappa shape index (κ1) is 89.2. The monoisotopic (exact) mass is 1300 g/mol. The van der Waals surface area contributed by atoms with Crippen molar-refractivity contribution in [2.24, 2.45) is 0 Å². The first-order chi connectivity index (χ1) is 45.6. The molecule has 0 aromatic rings. The van der Waals surface area contributed by atoms with Gasteiger partial charge in [-0.3, -0.25) is 9.59 Å². The van der Waals surface area contributed by atoms with Gasteiger partial charge < -0.3 is 28.5 Å². The number of ether oxygens (including phenoxy) is 4. The van der Waals surface area contributed by atoms with E-state index in [9.17, 15) is 19.5 Å².